The summed E-state index contributed by atoms with van der Waals surface area (Å²) < 4.78 is 0. The van der Waals surface area contributed by atoms with Gasteiger partial charge in [-0.3, -0.25) is 4.79 Å². The fourth-order valence-corrected chi connectivity index (χ4v) is 2.51. The molecule has 0 unspecified atom stereocenters. The van der Waals surface area contributed by atoms with Gasteiger partial charge in [0.1, 0.15) is 5.75 Å². The Balaban J connectivity index is 1.72. The van der Waals surface area contributed by atoms with Crippen molar-refractivity contribution in [2.45, 2.75) is 6.92 Å². The maximum atomic E-state index is 12.2. The molecule has 0 saturated carbocycles. The molecule has 0 spiro atoms. The number of aromatic hydroxyl groups is 1. The molecule has 0 bridgehead atoms. The van der Waals surface area contributed by atoms with Gasteiger partial charge >= 0.3 is 0 Å². The molecule has 0 aliphatic carbocycles. The molecule has 3 aromatic carbocycles. The number of nitrogens with zero attached hydrogens (tertiary/aromatic N) is 1. The van der Waals surface area contributed by atoms with Gasteiger partial charge in [0.15, 0.2) is 0 Å². The number of rotatable bonds is 4. The van der Waals surface area contributed by atoms with Gasteiger partial charge in [0.05, 0.1) is 11.8 Å². The average molecular weight is 330 g/mol. The number of phenolic OH excluding ortho intramolecular Hbond substituents is 1. The van der Waals surface area contributed by atoms with E-state index in [0.717, 1.165) is 21.9 Å². The maximum absolute atomic E-state index is 12.2. The Bertz CT molecular complexity index is 960. The Morgan fingerprint density at radius 3 is 2.36 bits per heavy atom. The molecular weight excluding hydrogens is 312 g/mol. The minimum absolute atomic E-state index is 0.0667. The van der Waals surface area contributed by atoms with Crippen molar-refractivity contribution < 1.29 is 9.90 Å². The molecule has 0 heterocycles. The van der Waals surface area contributed by atoms with Crippen LogP contribution in [0.3, 0.4) is 0 Å². The first-order chi connectivity index (χ1) is 12.1. The molecule has 4 nitrogen and oxygen atoms in total. The van der Waals surface area contributed by atoms with Crippen LogP contribution in [-0.4, -0.2) is 17.2 Å². The first kappa shape index (κ1) is 16.5. The monoisotopic (exact) mass is 330 g/mol. The first-order valence-electron chi connectivity index (χ1n) is 7.92. The van der Waals surface area contributed by atoms with Gasteiger partial charge in [-0.2, -0.15) is 5.10 Å². The number of hydrazone groups is 1. The Hall–Kier alpha value is -3.40. The highest BCUT2D eigenvalue weighted by atomic mass is 16.3. The highest BCUT2D eigenvalue weighted by Crippen LogP contribution is 2.24. The minimum atomic E-state index is -0.452. The van der Waals surface area contributed by atoms with E-state index in [-0.39, 0.29) is 11.3 Å². The lowest BCUT2D eigenvalue weighted by atomic mass is 10.1. The van der Waals surface area contributed by atoms with Gasteiger partial charge in [0.2, 0.25) is 0 Å². The topological polar surface area (TPSA) is 61.7 Å². The Kier molecular flexibility index (Phi) is 4.90. The molecule has 124 valence electrons. The molecule has 0 aliphatic rings. The van der Waals surface area contributed by atoms with Crippen LogP contribution < -0.4 is 5.43 Å². The fraction of sp³-hybridized carbons (Fsp3) is 0.0476. The largest absolute Gasteiger partial charge is 0.507 e. The SMILES string of the molecule is CC(/C=N\NC(=O)c1cc2ccccc2cc1O)=C\c1ccccc1. The van der Waals surface area contributed by atoms with Gasteiger partial charge in [-0.25, -0.2) is 5.43 Å². The fourth-order valence-electron chi connectivity index (χ4n) is 2.51. The van der Waals surface area contributed by atoms with Gasteiger partial charge in [-0.15, -0.1) is 0 Å². The zero-order chi connectivity index (χ0) is 17.6. The molecule has 0 saturated heterocycles. The van der Waals surface area contributed by atoms with Crippen molar-refractivity contribution in [3.05, 3.63) is 83.4 Å². The lowest BCUT2D eigenvalue weighted by molar-refractivity contribution is 0.0952. The van der Waals surface area contributed by atoms with Crippen molar-refractivity contribution in [1.29, 1.82) is 0 Å². The summed E-state index contributed by atoms with van der Waals surface area (Å²) in [5.74, 6) is -0.519. The van der Waals surface area contributed by atoms with Gasteiger partial charge in [0.25, 0.3) is 5.91 Å². The van der Waals surface area contributed by atoms with Crippen LogP contribution in [0.1, 0.15) is 22.8 Å². The van der Waals surface area contributed by atoms with E-state index in [4.69, 9.17) is 0 Å². The van der Waals surface area contributed by atoms with Crippen LogP contribution >= 0.6 is 0 Å². The van der Waals surface area contributed by atoms with Crippen molar-refractivity contribution in [3.63, 3.8) is 0 Å². The molecular formula is C21H18N2O2. The number of hydrogen-bond acceptors (Lipinski definition) is 3. The first-order valence-corrected chi connectivity index (χ1v) is 7.92. The van der Waals surface area contributed by atoms with E-state index in [1.54, 1.807) is 18.3 Å². The average Bonchev–Trinajstić information content (AvgIpc) is 2.61. The summed E-state index contributed by atoms with van der Waals surface area (Å²) in [5.41, 5.74) is 4.60. The summed E-state index contributed by atoms with van der Waals surface area (Å²) in [4.78, 5) is 12.2. The van der Waals surface area contributed by atoms with E-state index in [0.29, 0.717) is 0 Å². The lowest BCUT2D eigenvalue weighted by Gasteiger charge is -2.05. The summed E-state index contributed by atoms with van der Waals surface area (Å²) in [6, 6.07) is 20.6. The molecule has 4 heteroatoms. The normalized spacial score (nSPS) is 11.8. The van der Waals surface area contributed by atoms with Crippen molar-refractivity contribution in [2.24, 2.45) is 5.10 Å². The van der Waals surface area contributed by atoms with Crippen molar-refractivity contribution in [3.8, 4) is 5.75 Å². The Labute approximate surface area is 146 Å². The molecule has 0 radical (unpaired) electrons. The van der Waals surface area contributed by atoms with Crippen LogP contribution in [0.2, 0.25) is 0 Å². The molecule has 3 rings (SSSR count). The Morgan fingerprint density at radius 2 is 1.64 bits per heavy atom. The lowest BCUT2D eigenvalue weighted by Crippen LogP contribution is -2.17. The van der Waals surface area contributed by atoms with Crippen LogP contribution in [0.5, 0.6) is 5.75 Å². The molecule has 0 aliphatic heterocycles. The number of phenols is 1. The van der Waals surface area contributed by atoms with E-state index in [9.17, 15) is 9.90 Å². The number of fused-ring (bicyclic) bond motifs is 1. The molecule has 3 aromatic rings. The minimum Gasteiger partial charge on any atom is -0.507 e. The summed E-state index contributed by atoms with van der Waals surface area (Å²) in [5, 5.41) is 15.8. The smallest absolute Gasteiger partial charge is 0.275 e. The van der Waals surface area contributed by atoms with Gasteiger partial charge < -0.3 is 5.11 Å². The van der Waals surface area contributed by atoms with Crippen LogP contribution in [0, 0.1) is 0 Å². The third-order valence-corrected chi connectivity index (χ3v) is 3.74. The van der Waals surface area contributed by atoms with E-state index >= 15 is 0 Å². The molecule has 25 heavy (non-hydrogen) atoms. The van der Waals surface area contributed by atoms with E-state index in [1.165, 1.54) is 0 Å². The number of nitrogens with one attached hydrogen (secondary N) is 1. The van der Waals surface area contributed by atoms with Gasteiger partial charge in [-0.1, -0.05) is 60.7 Å². The molecule has 1 amide bonds. The zero-order valence-corrected chi connectivity index (χ0v) is 13.8. The summed E-state index contributed by atoms with van der Waals surface area (Å²) in [6.45, 7) is 1.90. The second kappa shape index (κ2) is 7.45. The van der Waals surface area contributed by atoms with Crippen LogP contribution in [0.15, 0.2) is 77.4 Å². The second-order valence-electron chi connectivity index (χ2n) is 5.71. The van der Waals surface area contributed by atoms with E-state index < -0.39 is 5.91 Å². The third-order valence-electron chi connectivity index (χ3n) is 3.74. The van der Waals surface area contributed by atoms with Crippen LogP contribution in [0.25, 0.3) is 16.8 Å². The summed E-state index contributed by atoms with van der Waals surface area (Å²) in [7, 11) is 0. The molecule has 0 atom stereocenters. The number of carbonyl (C=O) groups excluding carboxylic acids is 1. The molecule has 0 aromatic heterocycles. The molecule has 0 fully saturated rings. The maximum Gasteiger partial charge on any atom is 0.275 e. The van der Waals surface area contributed by atoms with Crippen LogP contribution in [-0.2, 0) is 0 Å². The van der Waals surface area contributed by atoms with Gasteiger partial charge in [0, 0.05) is 0 Å². The summed E-state index contributed by atoms with van der Waals surface area (Å²) >= 11 is 0. The number of benzene rings is 3. The predicted molar refractivity (Wildman–Crippen MR) is 102 cm³/mol. The standard InChI is InChI=1S/C21H18N2O2/c1-15(11-16-7-3-2-4-8-16)14-22-23-21(25)19-12-17-9-5-6-10-18(17)13-20(19)24/h2-14,24H,1H3,(H,23,25)/b15-11+,22-14-. The highest BCUT2D eigenvalue weighted by Gasteiger charge is 2.11. The third kappa shape index (κ3) is 4.12. The predicted octanol–water partition coefficient (Wildman–Crippen LogP) is 4.36. The summed E-state index contributed by atoms with van der Waals surface area (Å²) in [6.07, 6.45) is 3.53. The Morgan fingerprint density at radius 1 is 1.00 bits per heavy atom. The van der Waals surface area contributed by atoms with Crippen molar-refractivity contribution in [2.75, 3.05) is 0 Å². The van der Waals surface area contributed by atoms with Gasteiger partial charge in [-0.05, 0) is 41.0 Å². The highest BCUT2D eigenvalue weighted by molar-refractivity contribution is 6.01. The number of hydrogen-bond donors (Lipinski definition) is 2. The van der Waals surface area contributed by atoms with E-state index in [1.807, 2.05) is 67.6 Å². The zero-order valence-electron chi connectivity index (χ0n) is 13.8. The van der Waals surface area contributed by atoms with E-state index in [2.05, 4.69) is 10.5 Å². The molecule has 2 N–H and O–H groups in total. The number of amides is 1. The van der Waals surface area contributed by atoms with Crippen LogP contribution in [0.4, 0.5) is 0 Å². The number of carbonyl (C=O) groups is 1. The number of allylic oxidation sites excluding steroid dienone is 1. The van der Waals surface area contributed by atoms with Crippen molar-refractivity contribution >= 4 is 29.0 Å². The quantitative estimate of drug-likeness (QED) is 0.551. The second-order valence-corrected chi connectivity index (χ2v) is 5.71. The van der Waals surface area contributed by atoms with Crippen molar-refractivity contribution in [1.82, 2.24) is 5.43 Å².